The molecule has 0 aliphatic heterocycles. The molecule has 0 radical (unpaired) electrons. The Morgan fingerprint density at radius 2 is 2.06 bits per heavy atom. The van der Waals surface area contributed by atoms with E-state index in [1.807, 2.05) is 0 Å². The van der Waals surface area contributed by atoms with E-state index in [2.05, 4.69) is 49.8 Å². The van der Waals surface area contributed by atoms with Crippen molar-refractivity contribution in [3.05, 3.63) is 29.3 Å². The van der Waals surface area contributed by atoms with Crippen LogP contribution in [0.2, 0.25) is 0 Å². The highest BCUT2D eigenvalue weighted by Crippen LogP contribution is 2.21. The number of hydrogen-bond donors (Lipinski definition) is 1. The van der Waals surface area contributed by atoms with Crippen molar-refractivity contribution in [2.75, 3.05) is 27.0 Å². The molecule has 0 aromatic heterocycles. The SMILES string of the molecule is COc1ccc(CCCS)cc1CN(C)C. The average molecular weight is 239 g/mol. The molecule has 0 aliphatic carbocycles. The molecule has 0 N–H and O–H groups in total. The third-order valence-corrected chi connectivity index (χ3v) is 2.77. The summed E-state index contributed by atoms with van der Waals surface area (Å²) < 4.78 is 5.36. The molecular formula is C13H21NOS. The first kappa shape index (κ1) is 13.4. The van der Waals surface area contributed by atoms with Gasteiger partial charge in [-0.3, -0.25) is 0 Å². The zero-order valence-corrected chi connectivity index (χ0v) is 11.3. The van der Waals surface area contributed by atoms with Gasteiger partial charge in [0.1, 0.15) is 5.75 Å². The standard InChI is InChI=1S/C13H21NOS/c1-14(2)10-12-9-11(5-4-8-16)6-7-13(12)15-3/h6-7,9,16H,4-5,8,10H2,1-3H3. The Morgan fingerprint density at radius 3 is 2.62 bits per heavy atom. The number of nitrogens with zero attached hydrogens (tertiary/aromatic N) is 1. The second-order valence-corrected chi connectivity index (χ2v) is 4.66. The molecule has 0 spiro atoms. The molecule has 1 aromatic carbocycles. The molecule has 0 unspecified atom stereocenters. The second kappa shape index (κ2) is 6.81. The van der Waals surface area contributed by atoms with Crippen LogP contribution in [-0.2, 0) is 13.0 Å². The Bertz CT molecular complexity index is 326. The van der Waals surface area contributed by atoms with Gasteiger partial charge in [-0.15, -0.1) is 0 Å². The zero-order chi connectivity index (χ0) is 12.0. The monoisotopic (exact) mass is 239 g/mol. The Kier molecular flexibility index (Phi) is 5.71. The third kappa shape index (κ3) is 4.06. The lowest BCUT2D eigenvalue weighted by atomic mass is 10.1. The first-order valence-corrected chi connectivity index (χ1v) is 6.22. The lowest BCUT2D eigenvalue weighted by molar-refractivity contribution is 0.371. The summed E-state index contributed by atoms with van der Waals surface area (Å²) in [6, 6.07) is 6.44. The highest BCUT2D eigenvalue weighted by atomic mass is 32.1. The van der Waals surface area contributed by atoms with Crippen LogP contribution in [0.5, 0.6) is 5.75 Å². The van der Waals surface area contributed by atoms with E-state index >= 15 is 0 Å². The minimum Gasteiger partial charge on any atom is -0.496 e. The second-order valence-electron chi connectivity index (χ2n) is 4.21. The third-order valence-electron chi connectivity index (χ3n) is 2.45. The normalized spacial score (nSPS) is 10.8. The van der Waals surface area contributed by atoms with Crippen LogP contribution in [0.1, 0.15) is 17.5 Å². The smallest absolute Gasteiger partial charge is 0.123 e. The number of rotatable bonds is 6. The van der Waals surface area contributed by atoms with Gasteiger partial charge in [0, 0.05) is 12.1 Å². The maximum absolute atomic E-state index is 5.36. The van der Waals surface area contributed by atoms with Gasteiger partial charge >= 0.3 is 0 Å². The van der Waals surface area contributed by atoms with Crippen LogP contribution in [0.4, 0.5) is 0 Å². The summed E-state index contributed by atoms with van der Waals surface area (Å²) in [4.78, 5) is 2.15. The number of ether oxygens (including phenoxy) is 1. The van der Waals surface area contributed by atoms with Gasteiger partial charge in [0.15, 0.2) is 0 Å². The molecule has 2 nitrogen and oxygen atoms in total. The van der Waals surface area contributed by atoms with E-state index < -0.39 is 0 Å². The maximum Gasteiger partial charge on any atom is 0.123 e. The van der Waals surface area contributed by atoms with Crippen molar-refractivity contribution in [1.82, 2.24) is 4.90 Å². The van der Waals surface area contributed by atoms with Gasteiger partial charge in [0.25, 0.3) is 0 Å². The topological polar surface area (TPSA) is 12.5 Å². The van der Waals surface area contributed by atoms with Crippen molar-refractivity contribution in [3.63, 3.8) is 0 Å². The lowest BCUT2D eigenvalue weighted by Gasteiger charge is -2.14. The molecule has 90 valence electrons. The van der Waals surface area contributed by atoms with Crippen molar-refractivity contribution in [1.29, 1.82) is 0 Å². The molecule has 3 heteroatoms. The minimum absolute atomic E-state index is 0.915. The average Bonchev–Trinajstić information content (AvgIpc) is 2.26. The summed E-state index contributed by atoms with van der Waals surface area (Å²) >= 11 is 4.24. The van der Waals surface area contributed by atoms with Gasteiger partial charge in [-0.1, -0.05) is 12.1 Å². The number of aryl methyl sites for hydroxylation is 1. The van der Waals surface area contributed by atoms with Gasteiger partial charge in [0.2, 0.25) is 0 Å². The molecule has 0 heterocycles. The molecule has 0 amide bonds. The summed E-state index contributed by atoms with van der Waals surface area (Å²) in [5.41, 5.74) is 2.62. The minimum atomic E-state index is 0.915. The van der Waals surface area contributed by atoms with Crippen molar-refractivity contribution >= 4 is 12.6 Å². The number of methoxy groups -OCH3 is 1. The van der Waals surface area contributed by atoms with E-state index in [1.165, 1.54) is 11.1 Å². The molecule has 1 aromatic rings. The van der Waals surface area contributed by atoms with Crippen molar-refractivity contribution < 1.29 is 4.74 Å². The fourth-order valence-corrected chi connectivity index (χ4v) is 1.89. The fourth-order valence-electron chi connectivity index (χ4n) is 1.73. The molecule has 0 atom stereocenters. The summed E-state index contributed by atoms with van der Waals surface area (Å²) in [6.07, 6.45) is 2.21. The van der Waals surface area contributed by atoms with Crippen LogP contribution >= 0.6 is 12.6 Å². The van der Waals surface area contributed by atoms with Gasteiger partial charge in [-0.05, 0) is 44.3 Å². The Labute approximate surface area is 104 Å². The van der Waals surface area contributed by atoms with Crippen LogP contribution in [0.3, 0.4) is 0 Å². The fraction of sp³-hybridized carbons (Fsp3) is 0.538. The van der Waals surface area contributed by atoms with Crippen molar-refractivity contribution in [2.24, 2.45) is 0 Å². The number of benzene rings is 1. The van der Waals surface area contributed by atoms with Gasteiger partial charge in [0.05, 0.1) is 7.11 Å². The molecule has 16 heavy (non-hydrogen) atoms. The van der Waals surface area contributed by atoms with Crippen LogP contribution in [0.15, 0.2) is 18.2 Å². The molecule has 0 aliphatic rings. The molecule has 0 saturated heterocycles. The van der Waals surface area contributed by atoms with E-state index in [0.29, 0.717) is 0 Å². The van der Waals surface area contributed by atoms with E-state index in [4.69, 9.17) is 4.74 Å². The van der Waals surface area contributed by atoms with Crippen molar-refractivity contribution in [2.45, 2.75) is 19.4 Å². The van der Waals surface area contributed by atoms with Crippen LogP contribution in [0, 0.1) is 0 Å². The summed E-state index contributed by atoms with van der Waals surface area (Å²) in [7, 11) is 5.86. The van der Waals surface area contributed by atoms with Gasteiger partial charge in [-0.2, -0.15) is 12.6 Å². The molecule has 0 bridgehead atoms. The zero-order valence-electron chi connectivity index (χ0n) is 10.4. The van der Waals surface area contributed by atoms with Crippen LogP contribution in [-0.4, -0.2) is 31.9 Å². The summed E-state index contributed by atoms with van der Waals surface area (Å²) in [6.45, 7) is 0.915. The predicted octanol–water partition coefficient (Wildman–Crippen LogP) is 2.62. The van der Waals surface area contributed by atoms with Gasteiger partial charge < -0.3 is 9.64 Å². The highest BCUT2D eigenvalue weighted by molar-refractivity contribution is 7.80. The molecule has 0 fully saturated rings. The van der Waals surface area contributed by atoms with E-state index in [9.17, 15) is 0 Å². The Morgan fingerprint density at radius 1 is 1.31 bits per heavy atom. The highest BCUT2D eigenvalue weighted by Gasteiger charge is 2.05. The number of hydrogen-bond acceptors (Lipinski definition) is 3. The molecule has 0 saturated carbocycles. The molecule has 1 rings (SSSR count). The summed E-state index contributed by atoms with van der Waals surface area (Å²) in [5, 5.41) is 0. The molecular weight excluding hydrogens is 218 g/mol. The maximum atomic E-state index is 5.36. The van der Waals surface area contributed by atoms with Crippen molar-refractivity contribution in [3.8, 4) is 5.75 Å². The lowest BCUT2D eigenvalue weighted by Crippen LogP contribution is -2.11. The van der Waals surface area contributed by atoms with Crippen LogP contribution < -0.4 is 4.74 Å². The Hall–Kier alpha value is -0.670. The van der Waals surface area contributed by atoms with E-state index in [-0.39, 0.29) is 0 Å². The largest absolute Gasteiger partial charge is 0.496 e. The number of thiol groups is 1. The van der Waals surface area contributed by atoms with E-state index in [1.54, 1.807) is 7.11 Å². The van der Waals surface area contributed by atoms with E-state index in [0.717, 1.165) is 30.9 Å². The van der Waals surface area contributed by atoms with Crippen LogP contribution in [0.25, 0.3) is 0 Å². The first-order valence-electron chi connectivity index (χ1n) is 5.58. The Balaban J connectivity index is 2.83. The van der Waals surface area contributed by atoms with Gasteiger partial charge in [-0.25, -0.2) is 0 Å². The first-order chi connectivity index (χ1) is 7.67. The quantitative estimate of drug-likeness (QED) is 0.766. The predicted molar refractivity (Wildman–Crippen MR) is 72.6 cm³/mol. The summed E-state index contributed by atoms with van der Waals surface area (Å²) in [5.74, 6) is 1.91.